The second kappa shape index (κ2) is 16.6. The Bertz CT molecular complexity index is 1210. The van der Waals surface area contributed by atoms with E-state index < -0.39 is 12.1 Å². The van der Waals surface area contributed by atoms with Gasteiger partial charge in [0.05, 0.1) is 12.7 Å². The quantitative estimate of drug-likeness (QED) is 0.307. The van der Waals surface area contributed by atoms with E-state index in [1.165, 1.54) is 44.9 Å². The highest BCUT2D eigenvalue weighted by atomic mass is 35.5. The number of carboxylic acids is 1. The fourth-order valence-electron chi connectivity index (χ4n) is 7.69. The lowest BCUT2D eigenvalue weighted by Gasteiger charge is -2.52. The summed E-state index contributed by atoms with van der Waals surface area (Å²) in [6, 6.07) is 5.67. The maximum absolute atomic E-state index is 13.3. The molecular formula is C34H49ClF3N3O6. The highest BCUT2D eigenvalue weighted by molar-refractivity contribution is 6.30. The number of carbonyl (C=O) groups is 3. The van der Waals surface area contributed by atoms with Crippen LogP contribution in [0.15, 0.2) is 18.2 Å². The molecule has 13 heteroatoms. The Kier molecular flexibility index (Phi) is 13.1. The highest BCUT2D eigenvalue weighted by Gasteiger charge is 2.50. The Labute approximate surface area is 280 Å². The number of piperidine rings is 2. The predicted molar refractivity (Wildman–Crippen MR) is 172 cm³/mol. The minimum atomic E-state index is -5.08. The minimum Gasteiger partial charge on any atom is -0.496 e. The van der Waals surface area contributed by atoms with E-state index in [0.29, 0.717) is 34.2 Å². The third-order valence-electron chi connectivity index (χ3n) is 10.4. The molecule has 3 aliphatic heterocycles. The van der Waals surface area contributed by atoms with E-state index in [4.69, 9.17) is 31.0 Å². The van der Waals surface area contributed by atoms with Gasteiger partial charge in [-0.25, -0.2) is 9.59 Å². The van der Waals surface area contributed by atoms with E-state index in [1.54, 1.807) is 25.3 Å². The molecule has 1 unspecified atom stereocenters. The fourth-order valence-corrected chi connectivity index (χ4v) is 7.85. The van der Waals surface area contributed by atoms with E-state index >= 15 is 0 Å². The van der Waals surface area contributed by atoms with Gasteiger partial charge >= 0.3 is 18.2 Å². The Morgan fingerprint density at radius 3 is 2.28 bits per heavy atom. The first-order valence-corrected chi connectivity index (χ1v) is 17.4. The number of hydrogen-bond donors (Lipinski definition) is 1. The SMILES string of the molecule is CCCCC1CN(CC2CCCCC2)C(=O)OC12CCN(C1CCN(C(=O)c3ccc(Cl)cc3OC)CC1)CC2.O=C(O)C(F)(F)F. The average molecular weight is 688 g/mol. The topological polar surface area (TPSA) is 99.6 Å². The number of hydrogen-bond acceptors (Lipinski definition) is 6. The van der Waals surface area contributed by atoms with E-state index in [2.05, 4.69) is 16.7 Å². The van der Waals surface area contributed by atoms with Gasteiger partial charge < -0.3 is 24.4 Å². The zero-order valence-electron chi connectivity index (χ0n) is 27.5. The van der Waals surface area contributed by atoms with Crippen LogP contribution in [0.25, 0.3) is 0 Å². The average Bonchev–Trinajstić information content (AvgIpc) is 3.06. The molecule has 3 heterocycles. The maximum atomic E-state index is 13.3. The van der Waals surface area contributed by atoms with Gasteiger partial charge in [0.1, 0.15) is 11.4 Å². The van der Waals surface area contributed by atoms with Crippen LogP contribution in [0.3, 0.4) is 0 Å². The second-order valence-corrected chi connectivity index (χ2v) is 13.8. The van der Waals surface area contributed by atoms with Crippen molar-refractivity contribution in [2.75, 3.05) is 46.4 Å². The smallest absolute Gasteiger partial charge is 0.490 e. The monoisotopic (exact) mass is 687 g/mol. The normalized spacial score (nSPS) is 22.8. The molecule has 0 radical (unpaired) electrons. The van der Waals surface area contributed by atoms with Gasteiger partial charge in [-0.3, -0.25) is 9.69 Å². The van der Waals surface area contributed by atoms with Crippen LogP contribution in [0.2, 0.25) is 5.02 Å². The summed E-state index contributed by atoms with van der Waals surface area (Å²) in [6.45, 7) is 7.39. The standard InChI is InChI=1S/C32H48ClN3O4.C2HF3O2/c1-3-4-10-25-23-36(22-24-8-6-5-7-9-24)31(38)40-32(25)15-19-34(20-16-32)27-13-17-35(18-14-27)30(37)28-12-11-26(33)21-29(28)39-2;3-2(4,5)1(6)7/h11-12,21,24-25,27H,3-10,13-20,22-23H2,1-2H3;(H,6,7). The zero-order valence-corrected chi connectivity index (χ0v) is 28.3. The number of unbranched alkanes of at least 4 members (excludes halogenated alkanes) is 1. The summed E-state index contributed by atoms with van der Waals surface area (Å²) >= 11 is 6.09. The number of nitrogens with zero attached hydrogens (tertiary/aromatic N) is 3. The molecular weight excluding hydrogens is 639 g/mol. The van der Waals surface area contributed by atoms with Crippen molar-refractivity contribution in [1.82, 2.24) is 14.7 Å². The Morgan fingerprint density at radius 1 is 1.06 bits per heavy atom. The Hall–Kier alpha value is -2.73. The van der Waals surface area contributed by atoms with Crippen molar-refractivity contribution in [3.63, 3.8) is 0 Å². The molecule has 9 nitrogen and oxygen atoms in total. The molecule has 5 rings (SSSR count). The van der Waals surface area contributed by atoms with Crippen molar-refractivity contribution in [1.29, 1.82) is 0 Å². The molecule has 0 aromatic heterocycles. The van der Waals surface area contributed by atoms with Crippen LogP contribution in [-0.2, 0) is 9.53 Å². The first-order valence-electron chi connectivity index (χ1n) is 17.0. The molecule has 264 valence electrons. The molecule has 0 bridgehead atoms. The molecule has 47 heavy (non-hydrogen) atoms. The highest BCUT2D eigenvalue weighted by Crippen LogP contribution is 2.42. The van der Waals surface area contributed by atoms with Crippen LogP contribution in [0, 0.1) is 11.8 Å². The summed E-state index contributed by atoms with van der Waals surface area (Å²) in [4.78, 5) is 42.0. The van der Waals surface area contributed by atoms with Gasteiger partial charge in [-0.15, -0.1) is 0 Å². The van der Waals surface area contributed by atoms with Crippen LogP contribution in [0.1, 0.15) is 94.3 Å². The summed E-state index contributed by atoms with van der Waals surface area (Å²) < 4.78 is 43.6. The largest absolute Gasteiger partial charge is 0.496 e. The zero-order chi connectivity index (χ0) is 34.2. The molecule has 4 aliphatic rings. The fraction of sp³-hybridized carbons (Fsp3) is 0.735. The summed E-state index contributed by atoms with van der Waals surface area (Å²) in [7, 11) is 1.57. The number of rotatable bonds is 8. The number of halogens is 4. The van der Waals surface area contributed by atoms with Gasteiger partial charge in [0.15, 0.2) is 0 Å². The third-order valence-corrected chi connectivity index (χ3v) is 10.6. The predicted octanol–water partition coefficient (Wildman–Crippen LogP) is 7.26. The number of carbonyl (C=O) groups excluding carboxylic acids is 2. The van der Waals surface area contributed by atoms with Gasteiger partial charge in [-0.05, 0) is 56.2 Å². The lowest BCUT2D eigenvalue weighted by molar-refractivity contribution is -0.192. The third kappa shape index (κ3) is 9.68. The summed E-state index contributed by atoms with van der Waals surface area (Å²) in [6.07, 6.45) is 8.56. The van der Waals surface area contributed by atoms with E-state index in [0.717, 1.165) is 71.4 Å². The second-order valence-electron chi connectivity index (χ2n) is 13.4. The molecule has 1 spiro atoms. The van der Waals surface area contributed by atoms with Crippen molar-refractivity contribution in [3.8, 4) is 5.75 Å². The van der Waals surface area contributed by atoms with Gasteiger partial charge in [0, 0.05) is 69.1 Å². The van der Waals surface area contributed by atoms with E-state index in [1.807, 2.05) is 4.90 Å². The Morgan fingerprint density at radius 2 is 1.70 bits per heavy atom. The van der Waals surface area contributed by atoms with Crippen LogP contribution in [0.5, 0.6) is 5.75 Å². The van der Waals surface area contributed by atoms with Crippen LogP contribution >= 0.6 is 11.6 Å². The first kappa shape index (κ1) is 37.1. The molecule has 3 saturated heterocycles. The molecule has 1 aliphatic carbocycles. The lowest BCUT2D eigenvalue weighted by atomic mass is 9.75. The molecule has 4 fully saturated rings. The number of benzene rings is 1. The molecule has 1 saturated carbocycles. The number of ether oxygens (including phenoxy) is 2. The lowest BCUT2D eigenvalue weighted by Crippen LogP contribution is -2.61. The number of likely N-dealkylation sites (tertiary alicyclic amines) is 2. The van der Waals surface area contributed by atoms with Crippen LogP contribution in [0.4, 0.5) is 18.0 Å². The molecule has 1 aromatic rings. The van der Waals surface area contributed by atoms with Gasteiger partial charge in [-0.1, -0.05) is 50.6 Å². The van der Waals surface area contributed by atoms with Crippen molar-refractivity contribution >= 4 is 29.6 Å². The number of alkyl halides is 3. The molecule has 1 N–H and O–H groups in total. The van der Waals surface area contributed by atoms with Gasteiger partial charge in [-0.2, -0.15) is 13.2 Å². The molecule has 2 amide bonds. The number of carboxylic acid groups (broad SMARTS) is 1. The maximum Gasteiger partial charge on any atom is 0.490 e. The Balaban J connectivity index is 0.000000644. The van der Waals surface area contributed by atoms with Gasteiger partial charge in [0.2, 0.25) is 0 Å². The number of methoxy groups -OCH3 is 1. The van der Waals surface area contributed by atoms with Crippen molar-refractivity contribution in [2.24, 2.45) is 11.8 Å². The van der Waals surface area contributed by atoms with Crippen molar-refractivity contribution in [2.45, 2.75) is 102 Å². The van der Waals surface area contributed by atoms with E-state index in [-0.39, 0.29) is 17.6 Å². The van der Waals surface area contributed by atoms with Crippen molar-refractivity contribution < 1.29 is 42.1 Å². The summed E-state index contributed by atoms with van der Waals surface area (Å²) in [5, 5.41) is 7.69. The van der Waals surface area contributed by atoms with Gasteiger partial charge in [0.25, 0.3) is 5.91 Å². The minimum absolute atomic E-state index is 0.00947. The molecule has 1 atom stereocenters. The van der Waals surface area contributed by atoms with Crippen LogP contribution < -0.4 is 4.74 Å². The van der Waals surface area contributed by atoms with E-state index in [9.17, 15) is 22.8 Å². The number of aliphatic carboxylic acids is 1. The van der Waals surface area contributed by atoms with Crippen molar-refractivity contribution in [3.05, 3.63) is 28.8 Å². The van der Waals surface area contributed by atoms with Crippen LogP contribution in [-0.4, -0.2) is 102 Å². The first-order chi connectivity index (χ1) is 22.4. The molecule has 1 aromatic carbocycles. The summed E-state index contributed by atoms with van der Waals surface area (Å²) in [5.41, 5.74) is 0.258. The summed E-state index contributed by atoms with van der Waals surface area (Å²) in [5.74, 6) is -1.16. The number of amides is 2.